The van der Waals surface area contributed by atoms with E-state index in [2.05, 4.69) is 0 Å². The molecule has 3 nitrogen and oxygen atoms in total. The van der Waals surface area contributed by atoms with Gasteiger partial charge >= 0.3 is 5.97 Å². The second kappa shape index (κ2) is 8.27. The second-order valence-electron chi connectivity index (χ2n) is 3.94. The number of halogens is 1. The Morgan fingerprint density at radius 2 is 2.11 bits per heavy atom. The Morgan fingerprint density at radius 3 is 2.72 bits per heavy atom. The molecule has 0 amide bonds. The first-order valence-corrected chi connectivity index (χ1v) is 7.22. The summed E-state index contributed by atoms with van der Waals surface area (Å²) >= 11 is 7.43. The van der Waals surface area contributed by atoms with Crippen LogP contribution in [0.15, 0.2) is 24.3 Å². The van der Waals surface area contributed by atoms with Gasteiger partial charge in [-0.05, 0) is 36.4 Å². The third-order valence-electron chi connectivity index (χ3n) is 2.24. The van der Waals surface area contributed by atoms with Gasteiger partial charge in [-0.1, -0.05) is 18.5 Å². The summed E-state index contributed by atoms with van der Waals surface area (Å²) in [5.41, 5.74) is 0. The SMILES string of the molecule is CC(CC(=O)O)SCCCOc1ccc(Cl)cc1. The summed E-state index contributed by atoms with van der Waals surface area (Å²) in [4.78, 5) is 10.5. The molecule has 18 heavy (non-hydrogen) atoms. The van der Waals surface area contributed by atoms with Gasteiger partial charge in [-0.3, -0.25) is 4.79 Å². The normalized spacial score (nSPS) is 12.1. The van der Waals surface area contributed by atoms with Crippen molar-refractivity contribution in [1.82, 2.24) is 0 Å². The van der Waals surface area contributed by atoms with Gasteiger partial charge in [-0.2, -0.15) is 11.8 Å². The van der Waals surface area contributed by atoms with Crippen molar-refractivity contribution in [1.29, 1.82) is 0 Å². The Kier molecular flexibility index (Phi) is 6.98. The van der Waals surface area contributed by atoms with Crippen LogP contribution in [0.3, 0.4) is 0 Å². The Bertz CT molecular complexity index is 367. The highest BCUT2D eigenvalue weighted by atomic mass is 35.5. The fourth-order valence-electron chi connectivity index (χ4n) is 1.37. The van der Waals surface area contributed by atoms with Gasteiger partial charge in [0.15, 0.2) is 0 Å². The van der Waals surface area contributed by atoms with Crippen molar-refractivity contribution in [3.8, 4) is 5.75 Å². The van der Waals surface area contributed by atoms with Gasteiger partial charge in [0, 0.05) is 10.3 Å². The van der Waals surface area contributed by atoms with E-state index >= 15 is 0 Å². The van der Waals surface area contributed by atoms with Crippen LogP contribution < -0.4 is 4.74 Å². The average molecular weight is 289 g/mol. The molecule has 5 heteroatoms. The van der Waals surface area contributed by atoms with E-state index < -0.39 is 5.97 Å². The molecule has 0 aliphatic heterocycles. The maximum Gasteiger partial charge on any atom is 0.304 e. The van der Waals surface area contributed by atoms with Gasteiger partial charge in [0.1, 0.15) is 5.75 Å². The van der Waals surface area contributed by atoms with Crippen molar-refractivity contribution in [2.24, 2.45) is 0 Å². The van der Waals surface area contributed by atoms with E-state index in [0.29, 0.717) is 11.6 Å². The van der Waals surface area contributed by atoms with Crippen LogP contribution in [0.1, 0.15) is 19.8 Å². The minimum Gasteiger partial charge on any atom is -0.494 e. The molecule has 0 saturated carbocycles. The zero-order valence-electron chi connectivity index (χ0n) is 10.3. The van der Waals surface area contributed by atoms with Crippen LogP contribution in [0.5, 0.6) is 5.75 Å². The van der Waals surface area contributed by atoms with Gasteiger partial charge < -0.3 is 9.84 Å². The Balaban J connectivity index is 2.08. The second-order valence-corrected chi connectivity index (χ2v) is 5.92. The van der Waals surface area contributed by atoms with E-state index in [9.17, 15) is 4.79 Å². The topological polar surface area (TPSA) is 46.5 Å². The lowest BCUT2D eigenvalue weighted by Gasteiger charge is -2.09. The van der Waals surface area contributed by atoms with Gasteiger partial charge in [0.05, 0.1) is 13.0 Å². The average Bonchev–Trinajstić information content (AvgIpc) is 2.30. The standard InChI is InChI=1S/C13H17ClO3S/c1-10(9-13(15)16)18-8-2-7-17-12-5-3-11(14)4-6-12/h3-6,10H,2,7-9H2,1H3,(H,15,16). The van der Waals surface area contributed by atoms with Gasteiger partial charge in [-0.25, -0.2) is 0 Å². The minimum atomic E-state index is -0.743. The number of rotatable bonds is 8. The molecule has 0 bridgehead atoms. The van der Waals surface area contributed by atoms with E-state index in [4.69, 9.17) is 21.4 Å². The predicted octanol–water partition coefficient (Wildman–Crippen LogP) is 3.71. The lowest BCUT2D eigenvalue weighted by atomic mass is 10.3. The minimum absolute atomic E-state index is 0.151. The molecule has 0 aliphatic rings. The van der Waals surface area contributed by atoms with Crippen molar-refractivity contribution in [2.45, 2.75) is 25.0 Å². The summed E-state index contributed by atoms with van der Waals surface area (Å²) in [6.07, 6.45) is 1.11. The lowest BCUT2D eigenvalue weighted by molar-refractivity contribution is -0.136. The number of aliphatic carboxylic acids is 1. The zero-order valence-corrected chi connectivity index (χ0v) is 11.8. The van der Waals surface area contributed by atoms with E-state index in [1.54, 1.807) is 23.9 Å². The Morgan fingerprint density at radius 1 is 1.44 bits per heavy atom. The zero-order chi connectivity index (χ0) is 13.4. The fraction of sp³-hybridized carbons (Fsp3) is 0.462. The summed E-state index contributed by atoms with van der Waals surface area (Å²) in [7, 11) is 0. The molecular weight excluding hydrogens is 272 g/mol. The first kappa shape index (κ1) is 15.2. The van der Waals surface area contributed by atoms with Gasteiger partial charge in [0.25, 0.3) is 0 Å². The number of carbonyl (C=O) groups is 1. The molecule has 0 fully saturated rings. The summed E-state index contributed by atoms with van der Waals surface area (Å²) in [6.45, 7) is 2.56. The molecule has 0 heterocycles. The van der Waals surface area contributed by atoms with Crippen molar-refractivity contribution >= 4 is 29.3 Å². The fourth-order valence-corrected chi connectivity index (χ4v) is 2.44. The third-order valence-corrected chi connectivity index (χ3v) is 3.75. The number of hydrogen-bond acceptors (Lipinski definition) is 3. The molecule has 0 aromatic heterocycles. The van der Waals surface area contributed by atoms with Crippen LogP contribution in [-0.4, -0.2) is 28.7 Å². The molecule has 1 aromatic carbocycles. The van der Waals surface area contributed by atoms with Crippen LogP contribution in [0.25, 0.3) is 0 Å². The molecule has 0 aliphatic carbocycles. The Labute approximate surface area is 116 Å². The van der Waals surface area contributed by atoms with Crippen molar-refractivity contribution in [3.05, 3.63) is 29.3 Å². The molecule has 0 spiro atoms. The molecule has 0 saturated heterocycles. The molecular formula is C13H17ClO3S. The lowest BCUT2D eigenvalue weighted by Crippen LogP contribution is -2.07. The van der Waals surface area contributed by atoms with Crippen LogP contribution in [-0.2, 0) is 4.79 Å². The molecule has 100 valence electrons. The van der Waals surface area contributed by atoms with Crippen molar-refractivity contribution < 1.29 is 14.6 Å². The molecule has 1 N–H and O–H groups in total. The number of benzene rings is 1. The van der Waals surface area contributed by atoms with Crippen LogP contribution >= 0.6 is 23.4 Å². The highest BCUT2D eigenvalue weighted by Crippen LogP contribution is 2.17. The van der Waals surface area contributed by atoms with Gasteiger partial charge in [-0.15, -0.1) is 0 Å². The number of ether oxygens (including phenoxy) is 1. The monoisotopic (exact) mass is 288 g/mol. The molecule has 1 unspecified atom stereocenters. The smallest absolute Gasteiger partial charge is 0.304 e. The maximum atomic E-state index is 10.5. The van der Waals surface area contributed by atoms with E-state index in [0.717, 1.165) is 17.9 Å². The summed E-state index contributed by atoms with van der Waals surface area (Å²) < 4.78 is 5.54. The highest BCUT2D eigenvalue weighted by Gasteiger charge is 2.07. The number of thioether (sulfide) groups is 1. The molecule has 0 radical (unpaired) electrons. The quantitative estimate of drug-likeness (QED) is 0.741. The highest BCUT2D eigenvalue weighted by molar-refractivity contribution is 7.99. The van der Waals surface area contributed by atoms with Crippen LogP contribution in [0, 0.1) is 0 Å². The maximum absolute atomic E-state index is 10.5. The summed E-state index contributed by atoms with van der Waals surface area (Å²) in [6, 6.07) is 7.26. The summed E-state index contributed by atoms with van der Waals surface area (Å²) in [5, 5.41) is 9.45. The van der Waals surface area contributed by atoms with E-state index in [1.807, 2.05) is 19.1 Å². The number of carboxylic acid groups (broad SMARTS) is 1. The molecule has 1 aromatic rings. The summed E-state index contributed by atoms with van der Waals surface area (Å²) in [5.74, 6) is 0.970. The molecule has 1 atom stereocenters. The largest absolute Gasteiger partial charge is 0.494 e. The molecule has 1 rings (SSSR count). The number of hydrogen-bond donors (Lipinski definition) is 1. The van der Waals surface area contributed by atoms with Crippen molar-refractivity contribution in [3.63, 3.8) is 0 Å². The van der Waals surface area contributed by atoms with Gasteiger partial charge in [0.2, 0.25) is 0 Å². The van der Waals surface area contributed by atoms with Crippen molar-refractivity contribution in [2.75, 3.05) is 12.4 Å². The van der Waals surface area contributed by atoms with E-state index in [1.165, 1.54) is 0 Å². The Hall–Kier alpha value is -0.870. The first-order valence-electron chi connectivity index (χ1n) is 5.79. The first-order chi connectivity index (χ1) is 8.58. The number of carboxylic acids is 1. The van der Waals surface area contributed by atoms with Crippen LogP contribution in [0.2, 0.25) is 5.02 Å². The third kappa shape index (κ3) is 6.77. The van der Waals surface area contributed by atoms with Crippen LogP contribution in [0.4, 0.5) is 0 Å². The van der Waals surface area contributed by atoms with E-state index in [-0.39, 0.29) is 11.7 Å². The predicted molar refractivity (Wildman–Crippen MR) is 75.7 cm³/mol.